The van der Waals surface area contributed by atoms with Gasteiger partial charge in [-0.2, -0.15) is 14.3 Å². The van der Waals surface area contributed by atoms with Crippen LogP contribution >= 0.6 is 0 Å². The molecule has 0 spiro atoms. The summed E-state index contributed by atoms with van der Waals surface area (Å²) in [7, 11) is 0. The van der Waals surface area contributed by atoms with E-state index < -0.39 is 18.4 Å². The Morgan fingerprint density at radius 1 is 1.64 bits per heavy atom. The van der Waals surface area contributed by atoms with Crippen LogP contribution in [0.2, 0.25) is 0 Å². The van der Waals surface area contributed by atoms with Crippen molar-refractivity contribution in [3.63, 3.8) is 0 Å². The summed E-state index contributed by atoms with van der Waals surface area (Å²) in [6.07, 6.45) is 1.38. The number of hydrogen-bond acceptors (Lipinski definition) is 4. The Hall–Kier alpha value is -1.01. The number of ether oxygens (including phenoxy) is 1. The zero-order chi connectivity index (χ0) is 11.0. The van der Waals surface area contributed by atoms with Gasteiger partial charge in [0.15, 0.2) is 0 Å². The molecule has 0 aromatic carbocycles. The van der Waals surface area contributed by atoms with Crippen LogP contribution in [0.3, 0.4) is 0 Å². The molecule has 0 rings (SSSR count). The predicted molar refractivity (Wildman–Crippen MR) is 45.7 cm³/mol. The number of hydroxylamine groups is 1. The van der Waals surface area contributed by atoms with Gasteiger partial charge >= 0.3 is 11.9 Å². The molecule has 0 saturated heterocycles. The van der Waals surface area contributed by atoms with E-state index in [-0.39, 0.29) is 13.2 Å². The van der Waals surface area contributed by atoms with E-state index in [0.29, 0.717) is 0 Å². The molecule has 0 heterocycles. The molecule has 0 aromatic heterocycles. The lowest BCUT2D eigenvalue weighted by atomic mass is 10.3. The maximum absolute atomic E-state index is 12.8. The van der Waals surface area contributed by atoms with Crippen molar-refractivity contribution in [3.8, 4) is 0 Å². The fourth-order valence-corrected chi connectivity index (χ4v) is 0.568. The molecule has 82 valence electrons. The molecule has 0 aliphatic heterocycles. The zero-order valence-electron chi connectivity index (χ0n) is 7.89. The Kier molecular flexibility index (Phi) is 5.98. The van der Waals surface area contributed by atoms with E-state index in [1.807, 2.05) is 5.48 Å². The molecular weight excluding hydrogens is 196 g/mol. The third kappa shape index (κ3) is 4.88. The second kappa shape index (κ2) is 6.44. The first kappa shape index (κ1) is 13.0. The summed E-state index contributed by atoms with van der Waals surface area (Å²) in [4.78, 5) is 15.1. The Bertz CT molecular complexity index is 197. The van der Waals surface area contributed by atoms with Crippen LogP contribution in [0.25, 0.3) is 0 Å². The number of hydrogen-bond donors (Lipinski definition) is 1. The van der Waals surface area contributed by atoms with Crippen LogP contribution in [0.15, 0.2) is 12.7 Å². The van der Waals surface area contributed by atoms with E-state index in [2.05, 4.69) is 16.2 Å². The molecular formula is C8H13F2NO3. The lowest BCUT2D eigenvalue weighted by Crippen LogP contribution is -2.41. The quantitative estimate of drug-likeness (QED) is 0.293. The van der Waals surface area contributed by atoms with Crippen molar-refractivity contribution in [2.75, 3.05) is 19.8 Å². The molecule has 0 atom stereocenters. The Labute approximate surface area is 80.8 Å². The lowest BCUT2D eigenvalue weighted by Gasteiger charge is -2.14. The summed E-state index contributed by atoms with van der Waals surface area (Å²) >= 11 is 0. The SMILES string of the molecule is C=CCONCC(F)(F)C(=O)OCC. The molecule has 0 saturated carbocycles. The first-order valence-corrected chi connectivity index (χ1v) is 4.05. The van der Waals surface area contributed by atoms with Gasteiger partial charge in [0, 0.05) is 0 Å². The molecule has 0 bridgehead atoms. The van der Waals surface area contributed by atoms with Gasteiger partial charge in [-0.25, -0.2) is 4.79 Å². The summed E-state index contributed by atoms with van der Waals surface area (Å²) in [5.41, 5.74) is 1.94. The van der Waals surface area contributed by atoms with Crippen molar-refractivity contribution >= 4 is 5.97 Å². The van der Waals surface area contributed by atoms with E-state index in [9.17, 15) is 13.6 Å². The third-order valence-corrected chi connectivity index (χ3v) is 1.17. The number of nitrogens with one attached hydrogen (secondary N) is 1. The van der Waals surface area contributed by atoms with Gasteiger partial charge in [-0.1, -0.05) is 6.08 Å². The minimum Gasteiger partial charge on any atom is -0.462 e. The van der Waals surface area contributed by atoms with Gasteiger partial charge in [-0.05, 0) is 6.92 Å². The van der Waals surface area contributed by atoms with E-state index >= 15 is 0 Å². The highest BCUT2D eigenvalue weighted by Gasteiger charge is 2.40. The first-order valence-electron chi connectivity index (χ1n) is 4.05. The normalized spacial score (nSPS) is 11.1. The predicted octanol–water partition coefficient (Wildman–Crippen LogP) is 0.892. The fourth-order valence-electron chi connectivity index (χ4n) is 0.568. The van der Waals surface area contributed by atoms with Gasteiger partial charge in [0.05, 0.1) is 19.8 Å². The Morgan fingerprint density at radius 3 is 2.79 bits per heavy atom. The van der Waals surface area contributed by atoms with Crippen molar-refractivity contribution < 1.29 is 23.1 Å². The second-order valence-corrected chi connectivity index (χ2v) is 2.35. The van der Waals surface area contributed by atoms with E-state index in [1.54, 1.807) is 0 Å². The molecule has 0 unspecified atom stereocenters. The zero-order valence-corrected chi connectivity index (χ0v) is 7.89. The third-order valence-electron chi connectivity index (χ3n) is 1.17. The number of rotatable bonds is 7. The highest BCUT2D eigenvalue weighted by atomic mass is 19.3. The van der Waals surface area contributed by atoms with Crippen LogP contribution in [-0.2, 0) is 14.4 Å². The van der Waals surface area contributed by atoms with Crippen LogP contribution in [0.4, 0.5) is 8.78 Å². The summed E-state index contributed by atoms with van der Waals surface area (Å²) in [5.74, 6) is -5.13. The standard InChI is InChI=1S/C8H13F2NO3/c1-3-5-14-11-6-8(9,10)7(12)13-4-2/h3,11H,1,4-6H2,2H3. The van der Waals surface area contributed by atoms with Gasteiger partial charge in [0.1, 0.15) is 0 Å². The largest absolute Gasteiger partial charge is 0.462 e. The van der Waals surface area contributed by atoms with Gasteiger partial charge in [0.25, 0.3) is 0 Å². The minimum atomic E-state index is -3.57. The van der Waals surface area contributed by atoms with Gasteiger partial charge in [-0.15, -0.1) is 6.58 Å². The maximum atomic E-state index is 12.8. The van der Waals surface area contributed by atoms with Crippen molar-refractivity contribution in [2.45, 2.75) is 12.8 Å². The van der Waals surface area contributed by atoms with Crippen molar-refractivity contribution in [2.24, 2.45) is 0 Å². The summed E-state index contributed by atoms with van der Waals surface area (Å²) < 4.78 is 29.7. The highest BCUT2D eigenvalue weighted by Crippen LogP contribution is 2.13. The van der Waals surface area contributed by atoms with Crippen LogP contribution in [0, 0.1) is 0 Å². The molecule has 0 aromatic rings. The van der Waals surface area contributed by atoms with Crippen molar-refractivity contribution in [1.82, 2.24) is 5.48 Å². The fraction of sp³-hybridized carbons (Fsp3) is 0.625. The molecule has 4 nitrogen and oxygen atoms in total. The van der Waals surface area contributed by atoms with Crippen LogP contribution < -0.4 is 5.48 Å². The molecule has 6 heteroatoms. The summed E-state index contributed by atoms with van der Waals surface area (Å²) in [6.45, 7) is 3.85. The molecule has 0 aliphatic carbocycles. The van der Waals surface area contributed by atoms with E-state index in [1.165, 1.54) is 13.0 Å². The van der Waals surface area contributed by atoms with Crippen LogP contribution in [0.1, 0.15) is 6.92 Å². The van der Waals surface area contributed by atoms with E-state index in [4.69, 9.17) is 0 Å². The monoisotopic (exact) mass is 209 g/mol. The van der Waals surface area contributed by atoms with Crippen LogP contribution in [-0.4, -0.2) is 31.7 Å². The maximum Gasteiger partial charge on any atom is 0.378 e. The average Bonchev–Trinajstić information content (AvgIpc) is 2.13. The van der Waals surface area contributed by atoms with E-state index in [0.717, 1.165) is 0 Å². The average molecular weight is 209 g/mol. The molecule has 14 heavy (non-hydrogen) atoms. The number of carbonyl (C=O) groups excluding carboxylic acids is 1. The molecule has 1 N–H and O–H groups in total. The summed E-state index contributed by atoms with van der Waals surface area (Å²) in [5, 5.41) is 0. The summed E-state index contributed by atoms with van der Waals surface area (Å²) in [6, 6.07) is 0. The van der Waals surface area contributed by atoms with Crippen molar-refractivity contribution in [3.05, 3.63) is 12.7 Å². The van der Waals surface area contributed by atoms with Gasteiger partial charge < -0.3 is 4.74 Å². The highest BCUT2D eigenvalue weighted by molar-refractivity contribution is 5.77. The number of carbonyl (C=O) groups is 1. The van der Waals surface area contributed by atoms with Crippen molar-refractivity contribution in [1.29, 1.82) is 0 Å². The number of alkyl halides is 2. The first-order chi connectivity index (χ1) is 6.54. The second-order valence-electron chi connectivity index (χ2n) is 2.35. The van der Waals surface area contributed by atoms with Gasteiger partial charge in [0.2, 0.25) is 0 Å². The number of esters is 1. The number of halogens is 2. The topological polar surface area (TPSA) is 47.6 Å². The van der Waals surface area contributed by atoms with Crippen LogP contribution in [0.5, 0.6) is 0 Å². The molecule has 0 fully saturated rings. The molecule has 0 aliphatic rings. The Balaban J connectivity index is 3.81. The molecule has 0 amide bonds. The lowest BCUT2D eigenvalue weighted by molar-refractivity contribution is -0.174. The smallest absolute Gasteiger partial charge is 0.378 e. The van der Waals surface area contributed by atoms with Gasteiger partial charge in [-0.3, -0.25) is 4.84 Å². The molecule has 0 radical (unpaired) electrons. The minimum absolute atomic E-state index is 0.0814. The Morgan fingerprint density at radius 2 is 2.29 bits per heavy atom.